The summed E-state index contributed by atoms with van der Waals surface area (Å²) in [4.78, 5) is 35.4. The SMILES string of the molecule is Cc1sc2ncnc(N)c2c1-c1ccc(NC(=O)Nc2cccc(C(F)(F)F)c2)cc1.O=C=Nc1ccccc1. The topological polar surface area (TPSA) is 122 Å². The summed E-state index contributed by atoms with van der Waals surface area (Å²) in [6, 6.07) is 19.8. The van der Waals surface area contributed by atoms with E-state index in [9.17, 15) is 22.8 Å². The highest BCUT2D eigenvalue weighted by atomic mass is 32.1. The second kappa shape index (κ2) is 12.2. The molecular weight excluding hydrogens is 541 g/mol. The van der Waals surface area contributed by atoms with Crippen LogP contribution in [0.2, 0.25) is 0 Å². The number of alkyl halides is 3. The van der Waals surface area contributed by atoms with Crippen LogP contribution in [-0.4, -0.2) is 22.1 Å². The number of amides is 2. The van der Waals surface area contributed by atoms with E-state index in [0.717, 1.165) is 38.4 Å². The lowest BCUT2D eigenvalue weighted by atomic mass is 10.0. The van der Waals surface area contributed by atoms with Crippen molar-refractivity contribution in [2.75, 3.05) is 16.4 Å². The van der Waals surface area contributed by atoms with Crippen LogP contribution in [0, 0.1) is 6.92 Å². The first-order chi connectivity index (χ1) is 19.2. The molecule has 2 aromatic heterocycles. The van der Waals surface area contributed by atoms with Crippen molar-refractivity contribution in [3.63, 3.8) is 0 Å². The van der Waals surface area contributed by atoms with Crippen LogP contribution >= 0.6 is 11.3 Å². The summed E-state index contributed by atoms with van der Waals surface area (Å²) in [7, 11) is 0. The van der Waals surface area contributed by atoms with Crippen LogP contribution in [0.1, 0.15) is 10.4 Å². The highest BCUT2D eigenvalue weighted by Crippen LogP contribution is 2.39. The molecule has 0 aliphatic heterocycles. The number of hydrogen-bond acceptors (Lipinski definition) is 7. The Hall–Kier alpha value is -5.06. The number of aromatic nitrogens is 2. The zero-order valence-electron chi connectivity index (χ0n) is 20.9. The Balaban J connectivity index is 0.000000350. The van der Waals surface area contributed by atoms with E-state index in [2.05, 4.69) is 25.6 Å². The predicted molar refractivity (Wildman–Crippen MR) is 150 cm³/mol. The summed E-state index contributed by atoms with van der Waals surface area (Å²) in [6.45, 7) is 1.97. The summed E-state index contributed by atoms with van der Waals surface area (Å²) in [6.07, 6.45) is -1.60. The van der Waals surface area contributed by atoms with Gasteiger partial charge in [0.15, 0.2) is 0 Å². The molecule has 0 radical (unpaired) electrons. The van der Waals surface area contributed by atoms with Crippen molar-refractivity contribution in [1.29, 1.82) is 0 Å². The molecular formula is C28H21F3N6O2S. The van der Waals surface area contributed by atoms with E-state index >= 15 is 0 Å². The van der Waals surface area contributed by atoms with Crippen LogP contribution in [-0.2, 0) is 11.0 Å². The Bertz CT molecular complexity index is 1680. The second-order valence-electron chi connectivity index (χ2n) is 8.25. The molecule has 0 saturated heterocycles. The largest absolute Gasteiger partial charge is 0.416 e. The maximum Gasteiger partial charge on any atom is 0.416 e. The number of carbonyl (C=O) groups excluding carboxylic acids is 2. The number of benzene rings is 3. The van der Waals surface area contributed by atoms with Crippen LogP contribution in [0.3, 0.4) is 0 Å². The molecule has 0 fully saturated rings. The number of rotatable bonds is 4. The summed E-state index contributed by atoms with van der Waals surface area (Å²) >= 11 is 1.52. The van der Waals surface area contributed by atoms with Gasteiger partial charge < -0.3 is 16.4 Å². The molecule has 2 heterocycles. The molecule has 2 amide bonds. The smallest absolute Gasteiger partial charge is 0.383 e. The minimum atomic E-state index is -4.48. The molecule has 0 aliphatic carbocycles. The maximum absolute atomic E-state index is 12.8. The highest BCUT2D eigenvalue weighted by molar-refractivity contribution is 7.19. The number of nitrogen functional groups attached to an aromatic ring is 1. The molecule has 4 N–H and O–H groups in total. The van der Waals surface area contributed by atoms with Crippen molar-refractivity contribution in [2.24, 2.45) is 4.99 Å². The van der Waals surface area contributed by atoms with E-state index in [4.69, 9.17) is 5.73 Å². The van der Waals surface area contributed by atoms with Gasteiger partial charge in [0.05, 0.1) is 16.6 Å². The number of aryl methyl sites for hydroxylation is 1. The number of nitrogens with one attached hydrogen (secondary N) is 2. The van der Waals surface area contributed by atoms with E-state index in [1.807, 2.05) is 37.3 Å². The number of para-hydroxylation sites is 1. The number of nitrogens with zero attached hydrogens (tertiary/aromatic N) is 3. The normalized spacial score (nSPS) is 10.7. The molecule has 5 aromatic rings. The van der Waals surface area contributed by atoms with Crippen molar-refractivity contribution in [3.05, 3.63) is 95.6 Å². The van der Waals surface area contributed by atoms with Crippen LogP contribution in [0.25, 0.3) is 21.3 Å². The second-order valence-corrected chi connectivity index (χ2v) is 9.45. The van der Waals surface area contributed by atoms with Crippen LogP contribution < -0.4 is 16.4 Å². The highest BCUT2D eigenvalue weighted by Gasteiger charge is 2.30. The molecule has 3 aromatic carbocycles. The Kier molecular flexibility index (Phi) is 8.53. The lowest BCUT2D eigenvalue weighted by Gasteiger charge is -2.11. The van der Waals surface area contributed by atoms with Crippen LogP contribution in [0.15, 0.2) is 90.2 Å². The van der Waals surface area contributed by atoms with E-state index in [0.29, 0.717) is 17.2 Å². The summed E-state index contributed by atoms with van der Waals surface area (Å²) in [5, 5.41) is 5.80. The number of nitrogens with two attached hydrogens (primary N) is 1. The number of isocyanates is 1. The van der Waals surface area contributed by atoms with E-state index < -0.39 is 17.8 Å². The number of halogens is 3. The molecule has 202 valence electrons. The van der Waals surface area contributed by atoms with Gasteiger partial charge in [-0.3, -0.25) is 0 Å². The number of urea groups is 1. The summed E-state index contributed by atoms with van der Waals surface area (Å²) in [5.41, 5.74) is 8.18. The van der Waals surface area contributed by atoms with Gasteiger partial charge >= 0.3 is 12.2 Å². The number of fused-ring (bicyclic) bond motifs is 1. The molecule has 0 spiro atoms. The fourth-order valence-corrected chi connectivity index (χ4v) is 4.78. The Morgan fingerprint density at radius 2 is 1.65 bits per heavy atom. The minimum absolute atomic E-state index is 0.0415. The van der Waals surface area contributed by atoms with Gasteiger partial charge in [-0.1, -0.05) is 36.4 Å². The predicted octanol–water partition coefficient (Wildman–Crippen LogP) is 7.57. The molecule has 0 saturated carbocycles. The van der Waals surface area contributed by atoms with Gasteiger partial charge in [0.1, 0.15) is 17.0 Å². The molecule has 5 rings (SSSR count). The van der Waals surface area contributed by atoms with Crippen LogP contribution in [0.4, 0.5) is 40.8 Å². The molecule has 40 heavy (non-hydrogen) atoms. The number of anilines is 3. The van der Waals surface area contributed by atoms with Crippen molar-refractivity contribution in [2.45, 2.75) is 13.1 Å². The summed E-state index contributed by atoms with van der Waals surface area (Å²) < 4.78 is 38.4. The Morgan fingerprint density at radius 1 is 0.950 bits per heavy atom. The molecule has 0 unspecified atom stereocenters. The first-order valence-electron chi connectivity index (χ1n) is 11.6. The van der Waals surface area contributed by atoms with E-state index in [1.54, 1.807) is 24.3 Å². The average molecular weight is 563 g/mol. The molecule has 0 atom stereocenters. The third-order valence-electron chi connectivity index (χ3n) is 5.50. The van der Waals surface area contributed by atoms with Crippen molar-refractivity contribution in [1.82, 2.24) is 9.97 Å². The van der Waals surface area contributed by atoms with Gasteiger partial charge in [-0.15, -0.1) is 11.3 Å². The number of thiophene rings is 1. The van der Waals surface area contributed by atoms with Crippen molar-refractivity contribution >= 4 is 56.5 Å². The maximum atomic E-state index is 12.8. The fraction of sp³-hybridized carbons (Fsp3) is 0.0714. The number of carbonyl (C=O) groups is 1. The first kappa shape index (κ1) is 28.0. The average Bonchev–Trinajstić information content (AvgIpc) is 3.27. The number of hydrogen-bond donors (Lipinski definition) is 3. The fourth-order valence-electron chi connectivity index (χ4n) is 3.76. The van der Waals surface area contributed by atoms with Gasteiger partial charge in [0.2, 0.25) is 6.08 Å². The lowest BCUT2D eigenvalue weighted by molar-refractivity contribution is -0.137. The van der Waals surface area contributed by atoms with Gasteiger partial charge in [-0.2, -0.15) is 18.2 Å². The van der Waals surface area contributed by atoms with E-state index in [1.165, 1.54) is 35.9 Å². The zero-order chi connectivity index (χ0) is 28.7. The third kappa shape index (κ3) is 6.87. The third-order valence-corrected chi connectivity index (χ3v) is 6.52. The van der Waals surface area contributed by atoms with Gasteiger partial charge in [0, 0.05) is 21.8 Å². The molecule has 0 aliphatic rings. The standard InChI is InChI=1S/C21H16F3N5OS.C7H5NO/c1-11-16(17-18(25)26-10-27-19(17)31-11)12-5-7-14(8-6-12)28-20(30)29-15-4-2-3-13(9-15)21(22,23)24;9-6-8-7-4-2-1-3-5-7/h2-10H,1H3,(H2,25,26,27)(H2,28,29,30);1-5H. The van der Waals surface area contributed by atoms with Gasteiger partial charge in [-0.05, 0) is 55.0 Å². The van der Waals surface area contributed by atoms with Crippen molar-refractivity contribution in [3.8, 4) is 11.1 Å². The van der Waals surface area contributed by atoms with Gasteiger partial charge in [-0.25, -0.2) is 19.6 Å². The Labute approximate surface area is 230 Å². The summed E-state index contributed by atoms with van der Waals surface area (Å²) in [5.74, 6) is 0.395. The quantitative estimate of drug-likeness (QED) is 0.154. The minimum Gasteiger partial charge on any atom is -0.383 e. The van der Waals surface area contributed by atoms with Gasteiger partial charge in [0.25, 0.3) is 0 Å². The molecule has 0 bridgehead atoms. The first-order valence-corrected chi connectivity index (χ1v) is 12.5. The van der Waals surface area contributed by atoms with Crippen molar-refractivity contribution < 1.29 is 22.8 Å². The zero-order valence-corrected chi connectivity index (χ0v) is 21.7. The molecule has 12 heteroatoms. The van der Waals surface area contributed by atoms with Crippen LogP contribution in [0.5, 0.6) is 0 Å². The Morgan fingerprint density at radius 3 is 2.33 bits per heavy atom. The van der Waals surface area contributed by atoms with E-state index in [-0.39, 0.29) is 5.69 Å². The number of aliphatic imine (C=N–C) groups is 1. The molecule has 8 nitrogen and oxygen atoms in total. The monoisotopic (exact) mass is 562 g/mol. The lowest BCUT2D eigenvalue weighted by Crippen LogP contribution is -2.19.